The van der Waals surface area contributed by atoms with E-state index in [1.54, 1.807) is 26.2 Å². The van der Waals surface area contributed by atoms with Gasteiger partial charge >= 0.3 is 31.0 Å². The summed E-state index contributed by atoms with van der Waals surface area (Å²) in [4.78, 5) is 68.7. The normalized spacial score (nSPS) is 19.9. The van der Waals surface area contributed by atoms with Crippen LogP contribution >= 0.6 is 0 Å². The maximum Gasteiger partial charge on any atom is 1.00 e. The van der Waals surface area contributed by atoms with Crippen LogP contribution in [0.4, 0.5) is 15.0 Å². The quantitative estimate of drug-likeness (QED) is 0.0380. The van der Waals surface area contributed by atoms with Gasteiger partial charge in [-0.25, -0.2) is 9.18 Å². The molecule has 18 heteroatoms. The van der Waals surface area contributed by atoms with Gasteiger partial charge in [0.25, 0.3) is 0 Å². The van der Waals surface area contributed by atoms with E-state index in [9.17, 15) is 24.3 Å². The van der Waals surface area contributed by atoms with Crippen LogP contribution in [0, 0.1) is 38.1 Å². The SMILES string of the molecule is CCC(=O)C(CCC(=O)NC)C([C-]=O)CCc1[c-]cc(OCCOCCNC(=O)OC[C@@H]2CC[C@]3(COc4nc(N5CCC[C@@](C)(O)C5)c5cnc(-c6cccc7ccc(F)c(CC)c67)c(C)c5n4)CCCN23)cc1.[CH3-].[Li+]. The largest absolute Gasteiger partial charge is 1.00 e. The van der Waals surface area contributed by atoms with E-state index in [2.05, 4.69) is 26.5 Å². The number of fused-ring (bicyclic) bond motifs is 3. The molecule has 0 radical (unpaired) electrons. The van der Waals surface area contributed by atoms with Crippen molar-refractivity contribution in [2.24, 2.45) is 11.8 Å². The van der Waals surface area contributed by atoms with Crippen molar-refractivity contribution in [1.82, 2.24) is 30.5 Å². The Morgan fingerprint density at radius 3 is 2.57 bits per heavy atom. The predicted molar refractivity (Wildman–Crippen MR) is 291 cm³/mol. The summed E-state index contributed by atoms with van der Waals surface area (Å²) >= 11 is 0. The van der Waals surface area contributed by atoms with Crippen molar-refractivity contribution >= 4 is 51.6 Å². The van der Waals surface area contributed by atoms with Crippen molar-refractivity contribution in [3.63, 3.8) is 0 Å². The number of aromatic nitrogens is 3. The fourth-order valence-electron chi connectivity index (χ4n) is 11.5. The summed E-state index contributed by atoms with van der Waals surface area (Å²) in [6.45, 7) is 11.3. The number of rotatable bonds is 25. The van der Waals surface area contributed by atoms with E-state index in [1.165, 1.54) is 6.07 Å². The second-order valence-corrected chi connectivity index (χ2v) is 20.6. The van der Waals surface area contributed by atoms with Gasteiger partial charge in [0.1, 0.15) is 30.6 Å². The number of ether oxygens (including phenoxy) is 4. The summed E-state index contributed by atoms with van der Waals surface area (Å²) in [6, 6.07) is 18.2. The Hall–Kier alpha value is -5.70. The van der Waals surface area contributed by atoms with Crippen molar-refractivity contribution in [2.75, 3.05) is 71.2 Å². The number of hydrogen-bond acceptors (Lipinski definition) is 14. The monoisotopic (exact) mass is 1050 g/mol. The molecule has 0 bridgehead atoms. The van der Waals surface area contributed by atoms with E-state index >= 15 is 4.39 Å². The molecule has 2 aromatic heterocycles. The van der Waals surface area contributed by atoms with Crippen molar-refractivity contribution < 1.29 is 66.5 Å². The molecule has 3 fully saturated rings. The number of carbonyl (C=O) groups is 3. The second-order valence-electron chi connectivity index (χ2n) is 20.6. The third kappa shape index (κ3) is 14.5. The number of β-amino-alcohol motifs (C(OH)–C–C–N with tert-alkyl or cyclic N) is 1. The molecule has 2 amide bonds. The molecule has 2 unspecified atom stereocenters. The summed E-state index contributed by atoms with van der Waals surface area (Å²) in [5, 5.41) is 19.1. The number of halogens is 1. The van der Waals surface area contributed by atoms with Crippen molar-refractivity contribution in [3.05, 3.63) is 90.7 Å². The fraction of sp³-hybridized carbons (Fsp3) is 0.525. The van der Waals surface area contributed by atoms with E-state index in [1.807, 2.05) is 63.5 Å². The molecule has 5 aromatic rings. The summed E-state index contributed by atoms with van der Waals surface area (Å²) in [6.07, 6.45) is 10.7. The molecule has 5 heterocycles. The number of ketones is 1. The van der Waals surface area contributed by atoms with Crippen LogP contribution < -0.4 is 43.9 Å². The van der Waals surface area contributed by atoms with Crippen LogP contribution in [0.5, 0.6) is 11.8 Å². The van der Waals surface area contributed by atoms with Crippen LogP contribution in [0.15, 0.2) is 54.7 Å². The maximum atomic E-state index is 15.2. The van der Waals surface area contributed by atoms with Crippen LogP contribution in [0.25, 0.3) is 32.9 Å². The van der Waals surface area contributed by atoms with Gasteiger partial charge in [0.05, 0.1) is 47.6 Å². The predicted octanol–water partition coefficient (Wildman–Crippen LogP) is 5.44. The van der Waals surface area contributed by atoms with Crippen LogP contribution in [-0.4, -0.2) is 132 Å². The number of anilines is 1. The van der Waals surface area contributed by atoms with E-state index in [0.29, 0.717) is 93.2 Å². The third-order valence-electron chi connectivity index (χ3n) is 15.5. The molecule has 3 saturated heterocycles. The summed E-state index contributed by atoms with van der Waals surface area (Å²) in [7, 11) is 1.55. The molecule has 3 N–H and O–H groups in total. The number of Topliss-reactive ketones (excluding diaryl/α,β-unsaturated/α-hetero) is 1. The summed E-state index contributed by atoms with van der Waals surface area (Å²) in [5.41, 5.74) is 3.42. The number of alkyl carbamates (subject to hydrolysis) is 1. The molecule has 410 valence electrons. The number of benzene rings is 3. The number of nitrogens with one attached hydrogen (secondary N) is 2. The van der Waals surface area contributed by atoms with E-state index in [0.717, 1.165) is 71.5 Å². The molecular formula is C59H75FLiN7O9-2. The number of carbonyl (C=O) groups excluding carboxylic acids is 4. The molecule has 16 nitrogen and oxygen atoms in total. The number of hydrogen-bond donors (Lipinski definition) is 3. The van der Waals surface area contributed by atoms with Gasteiger partial charge in [-0.15, -0.1) is 18.1 Å². The Morgan fingerprint density at radius 2 is 1.83 bits per heavy atom. The molecule has 3 aromatic carbocycles. The number of piperidine rings is 1. The van der Waals surface area contributed by atoms with Crippen LogP contribution in [0.1, 0.15) is 102 Å². The van der Waals surface area contributed by atoms with Gasteiger partial charge < -0.3 is 51.8 Å². The van der Waals surface area contributed by atoms with Crippen LogP contribution in [0.3, 0.4) is 0 Å². The zero-order valence-electron chi connectivity index (χ0n) is 46.1. The van der Waals surface area contributed by atoms with Crippen molar-refractivity contribution in [2.45, 2.75) is 122 Å². The van der Waals surface area contributed by atoms with Crippen LogP contribution in [-0.2, 0) is 36.7 Å². The standard InChI is InChI=1S/C58H72FN7O9.CH3.Li/c1-6-44-48(59)21-17-40-11-8-12-46(51(40)44)52-38(3)53-47(33-62-52)54(65-28-9-24-57(4,71)36-65)64-55(63-53)75-37-58-25-10-29-66(58)42(23-26-58)35-74-56(70)61-27-30-72-31-32-73-43-18-14-39(15-19-43)13-16-41(34-67)45(49(68)7-2)20-22-50(69)60-5;;/h8,11-12,14,17-19,21,33,41-42,45,71H,6-7,9-10,13,16,20,22-32,35-37H2,1-5H3,(H,60,69)(H,61,70);1H3;/q-2;-1;+1/t41?,42-,45?,57+,58-;;/m0../s1. The molecule has 5 atom stereocenters. The zero-order chi connectivity index (χ0) is 53.1. The molecule has 77 heavy (non-hydrogen) atoms. The van der Waals surface area contributed by atoms with Gasteiger partial charge in [-0.3, -0.25) is 25.8 Å². The molecule has 3 aliphatic heterocycles. The minimum absolute atomic E-state index is 0. The average Bonchev–Trinajstić information content (AvgIpc) is 4.03. The minimum Gasteiger partial charge on any atom is -0.549 e. The van der Waals surface area contributed by atoms with Gasteiger partial charge in [0.15, 0.2) is 0 Å². The van der Waals surface area contributed by atoms with Gasteiger partial charge in [0, 0.05) is 68.6 Å². The minimum atomic E-state index is -0.890. The molecular weight excluding hydrogens is 977 g/mol. The third-order valence-corrected chi connectivity index (χ3v) is 15.5. The van der Waals surface area contributed by atoms with Crippen molar-refractivity contribution in [3.8, 4) is 23.0 Å². The summed E-state index contributed by atoms with van der Waals surface area (Å²) < 4.78 is 39.1. The smallest absolute Gasteiger partial charge is 0.549 e. The first-order valence-electron chi connectivity index (χ1n) is 26.7. The van der Waals surface area contributed by atoms with Gasteiger partial charge in [-0.05, 0) is 100 Å². The molecule has 0 aliphatic carbocycles. The first kappa shape index (κ1) is 60.5. The molecule has 0 saturated carbocycles. The van der Waals surface area contributed by atoms with E-state index < -0.39 is 23.5 Å². The van der Waals surface area contributed by atoms with Crippen molar-refractivity contribution in [1.29, 1.82) is 0 Å². The molecule has 0 spiro atoms. The van der Waals surface area contributed by atoms with Gasteiger partial charge in [-0.1, -0.05) is 51.0 Å². The summed E-state index contributed by atoms with van der Waals surface area (Å²) in [5.74, 6) is -0.320. The number of amides is 2. The van der Waals surface area contributed by atoms with Gasteiger partial charge in [0.2, 0.25) is 5.91 Å². The number of aryl methyl sites for hydroxylation is 3. The van der Waals surface area contributed by atoms with Crippen LogP contribution in [0.2, 0.25) is 0 Å². The fourth-order valence-corrected chi connectivity index (χ4v) is 11.5. The number of aliphatic hydroxyl groups is 1. The Balaban J connectivity index is 0.00000480. The first-order valence-corrected chi connectivity index (χ1v) is 26.7. The second kappa shape index (κ2) is 27.7. The topological polar surface area (TPSA) is 195 Å². The Labute approximate surface area is 465 Å². The number of pyridine rings is 1. The Kier molecular flexibility index (Phi) is 21.8. The average molecular weight is 1050 g/mol. The number of nitrogens with zero attached hydrogens (tertiary/aromatic N) is 5. The zero-order valence-corrected chi connectivity index (χ0v) is 46.1. The Bertz CT molecular complexity index is 2820. The molecule has 8 rings (SSSR count). The van der Waals surface area contributed by atoms with Gasteiger partial charge in [-0.2, -0.15) is 27.7 Å². The van der Waals surface area contributed by atoms with E-state index in [-0.39, 0.29) is 94.2 Å². The Morgan fingerprint density at radius 1 is 1.01 bits per heavy atom. The maximum absolute atomic E-state index is 15.2. The first-order chi connectivity index (χ1) is 36.3. The molecule has 3 aliphatic rings. The van der Waals surface area contributed by atoms with E-state index in [4.69, 9.17) is 33.9 Å².